The Morgan fingerprint density at radius 3 is 2.50 bits per heavy atom. The highest BCUT2D eigenvalue weighted by Gasteiger charge is 2.43. The van der Waals surface area contributed by atoms with Crippen LogP contribution in [0.2, 0.25) is 0 Å². The third-order valence-corrected chi connectivity index (χ3v) is 3.30. The standard InChI is InChI=1S/C13H24N2O7/c1-7(16)21-6-8-11(18)12(19)10(15)13(22-8)20-5-3-2-4-9(14)17/h8,10-13,18-19H,2-6,15H2,1H3,(H2,14,17)/t8?,10-,11-,12?,13+/m0/s1. The largest absolute Gasteiger partial charge is 0.463 e. The first-order chi connectivity index (χ1) is 10.3. The summed E-state index contributed by atoms with van der Waals surface area (Å²) in [5.41, 5.74) is 10.8. The van der Waals surface area contributed by atoms with E-state index in [1.54, 1.807) is 0 Å². The third kappa shape index (κ3) is 5.85. The van der Waals surface area contributed by atoms with E-state index in [1.807, 2.05) is 0 Å². The second-order valence-electron chi connectivity index (χ2n) is 5.20. The fourth-order valence-electron chi connectivity index (χ4n) is 2.04. The molecule has 1 aliphatic heterocycles. The molecular weight excluding hydrogens is 296 g/mol. The van der Waals surface area contributed by atoms with Crippen molar-refractivity contribution in [2.45, 2.75) is 56.8 Å². The lowest BCUT2D eigenvalue weighted by Gasteiger charge is -2.40. The average molecular weight is 320 g/mol. The van der Waals surface area contributed by atoms with Crippen LogP contribution in [0.5, 0.6) is 0 Å². The van der Waals surface area contributed by atoms with Crippen LogP contribution in [0.25, 0.3) is 0 Å². The van der Waals surface area contributed by atoms with Gasteiger partial charge in [-0.05, 0) is 12.8 Å². The molecule has 1 saturated heterocycles. The van der Waals surface area contributed by atoms with Gasteiger partial charge in [0.2, 0.25) is 5.91 Å². The van der Waals surface area contributed by atoms with Crippen molar-refractivity contribution in [1.29, 1.82) is 0 Å². The first kappa shape index (κ1) is 18.8. The van der Waals surface area contributed by atoms with Gasteiger partial charge in [-0.2, -0.15) is 0 Å². The van der Waals surface area contributed by atoms with E-state index in [9.17, 15) is 19.8 Å². The van der Waals surface area contributed by atoms with Crippen molar-refractivity contribution in [2.75, 3.05) is 13.2 Å². The summed E-state index contributed by atoms with van der Waals surface area (Å²) in [4.78, 5) is 21.4. The number of aliphatic hydroxyl groups is 2. The molecule has 9 heteroatoms. The number of esters is 1. The Morgan fingerprint density at radius 1 is 1.23 bits per heavy atom. The molecule has 0 aromatic heterocycles. The van der Waals surface area contributed by atoms with Crippen molar-refractivity contribution in [2.24, 2.45) is 11.5 Å². The first-order valence-corrected chi connectivity index (χ1v) is 7.13. The normalized spacial score (nSPS) is 31.7. The van der Waals surface area contributed by atoms with Crippen molar-refractivity contribution in [3.05, 3.63) is 0 Å². The summed E-state index contributed by atoms with van der Waals surface area (Å²) in [7, 11) is 0. The minimum atomic E-state index is -1.27. The zero-order chi connectivity index (χ0) is 16.7. The molecule has 0 aliphatic carbocycles. The average Bonchev–Trinajstić information content (AvgIpc) is 2.45. The summed E-state index contributed by atoms with van der Waals surface area (Å²) in [5, 5.41) is 19.7. The number of primary amides is 1. The summed E-state index contributed by atoms with van der Waals surface area (Å²) < 4.78 is 15.6. The summed E-state index contributed by atoms with van der Waals surface area (Å²) in [6.45, 7) is 1.28. The Hall–Kier alpha value is -1.26. The van der Waals surface area contributed by atoms with Crippen molar-refractivity contribution in [3.63, 3.8) is 0 Å². The first-order valence-electron chi connectivity index (χ1n) is 7.13. The molecule has 5 atom stereocenters. The molecule has 0 aromatic rings. The molecule has 22 heavy (non-hydrogen) atoms. The minimum absolute atomic E-state index is 0.207. The molecule has 2 unspecified atom stereocenters. The molecule has 9 nitrogen and oxygen atoms in total. The van der Waals surface area contributed by atoms with E-state index in [1.165, 1.54) is 6.92 Å². The predicted octanol–water partition coefficient (Wildman–Crippen LogP) is -2.00. The molecule has 1 fully saturated rings. The van der Waals surface area contributed by atoms with Crippen LogP contribution in [0.15, 0.2) is 0 Å². The van der Waals surface area contributed by atoms with Gasteiger partial charge in [0.05, 0.1) is 6.04 Å². The van der Waals surface area contributed by atoms with Gasteiger partial charge in [0.25, 0.3) is 0 Å². The molecule has 1 aliphatic rings. The number of unbranched alkanes of at least 4 members (excludes halogenated alkanes) is 1. The maximum Gasteiger partial charge on any atom is 0.302 e. The molecule has 0 radical (unpaired) electrons. The van der Waals surface area contributed by atoms with Gasteiger partial charge in [0, 0.05) is 20.0 Å². The van der Waals surface area contributed by atoms with E-state index in [0.717, 1.165) is 0 Å². The Balaban J connectivity index is 2.43. The highest BCUT2D eigenvalue weighted by Crippen LogP contribution is 2.21. The number of aliphatic hydroxyl groups excluding tert-OH is 2. The van der Waals surface area contributed by atoms with Crippen molar-refractivity contribution < 1.29 is 34.0 Å². The van der Waals surface area contributed by atoms with Crippen LogP contribution in [0, 0.1) is 0 Å². The quantitative estimate of drug-likeness (QED) is 0.295. The fourth-order valence-corrected chi connectivity index (χ4v) is 2.04. The van der Waals surface area contributed by atoms with Crippen LogP contribution in [-0.2, 0) is 23.8 Å². The number of carbonyl (C=O) groups excluding carboxylic acids is 2. The molecule has 1 amide bonds. The van der Waals surface area contributed by atoms with Crippen LogP contribution in [0.1, 0.15) is 26.2 Å². The van der Waals surface area contributed by atoms with Crippen LogP contribution in [0.3, 0.4) is 0 Å². The lowest BCUT2D eigenvalue weighted by atomic mass is 9.98. The van der Waals surface area contributed by atoms with Crippen LogP contribution < -0.4 is 11.5 Å². The Bertz CT molecular complexity index is 379. The number of hydrogen-bond donors (Lipinski definition) is 4. The minimum Gasteiger partial charge on any atom is -0.463 e. The van der Waals surface area contributed by atoms with Gasteiger partial charge in [0.1, 0.15) is 24.9 Å². The van der Waals surface area contributed by atoms with Crippen LogP contribution in [-0.4, -0.2) is 65.9 Å². The van der Waals surface area contributed by atoms with Crippen LogP contribution in [0.4, 0.5) is 0 Å². The summed E-state index contributed by atoms with van der Waals surface area (Å²) in [5.74, 6) is -0.908. The number of carbonyl (C=O) groups is 2. The topological polar surface area (TPSA) is 154 Å². The molecule has 1 rings (SSSR count). The van der Waals surface area contributed by atoms with Gasteiger partial charge < -0.3 is 35.9 Å². The number of ether oxygens (including phenoxy) is 3. The number of rotatable bonds is 8. The van der Waals surface area contributed by atoms with Gasteiger partial charge in [0.15, 0.2) is 6.29 Å². The predicted molar refractivity (Wildman–Crippen MR) is 74.3 cm³/mol. The lowest BCUT2D eigenvalue weighted by Crippen LogP contribution is -2.62. The smallest absolute Gasteiger partial charge is 0.302 e. The molecule has 128 valence electrons. The van der Waals surface area contributed by atoms with Crippen molar-refractivity contribution in [1.82, 2.24) is 0 Å². The SMILES string of the molecule is CC(=O)OCC1O[C@@H](OCCCCC(N)=O)[C@@H](N)C(O)[C@H]1O. The lowest BCUT2D eigenvalue weighted by molar-refractivity contribution is -0.267. The van der Waals surface area contributed by atoms with Gasteiger partial charge in [-0.3, -0.25) is 9.59 Å². The maximum absolute atomic E-state index is 10.8. The van der Waals surface area contributed by atoms with Gasteiger partial charge in [-0.1, -0.05) is 0 Å². The summed E-state index contributed by atoms with van der Waals surface area (Å²) in [6, 6.07) is -0.931. The molecule has 0 saturated carbocycles. The second kappa shape index (κ2) is 9.01. The van der Waals surface area contributed by atoms with Gasteiger partial charge in [-0.15, -0.1) is 0 Å². The highest BCUT2D eigenvalue weighted by atomic mass is 16.7. The maximum atomic E-state index is 10.8. The van der Waals surface area contributed by atoms with E-state index < -0.39 is 36.6 Å². The molecule has 0 bridgehead atoms. The third-order valence-electron chi connectivity index (χ3n) is 3.30. The zero-order valence-corrected chi connectivity index (χ0v) is 12.5. The Labute approximate surface area is 128 Å². The summed E-state index contributed by atoms with van der Waals surface area (Å²) in [6.07, 6.45) is -2.99. The highest BCUT2D eigenvalue weighted by molar-refractivity contribution is 5.73. The fraction of sp³-hybridized carbons (Fsp3) is 0.846. The van der Waals surface area contributed by atoms with E-state index in [-0.39, 0.29) is 25.5 Å². The Morgan fingerprint density at radius 2 is 1.91 bits per heavy atom. The van der Waals surface area contributed by atoms with Gasteiger partial charge >= 0.3 is 5.97 Å². The molecule has 1 heterocycles. The second-order valence-corrected chi connectivity index (χ2v) is 5.20. The van der Waals surface area contributed by atoms with E-state index in [0.29, 0.717) is 12.8 Å². The van der Waals surface area contributed by atoms with Gasteiger partial charge in [-0.25, -0.2) is 0 Å². The zero-order valence-electron chi connectivity index (χ0n) is 12.5. The van der Waals surface area contributed by atoms with E-state index >= 15 is 0 Å². The summed E-state index contributed by atoms with van der Waals surface area (Å²) >= 11 is 0. The van der Waals surface area contributed by atoms with Crippen molar-refractivity contribution in [3.8, 4) is 0 Å². The van der Waals surface area contributed by atoms with E-state index in [2.05, 4.69) is 0 Å². The number of hydrogen-bond acceptors (Lipinski definition) is 8. The molecule has 0 spiro atoms. The van der Waals surface area contributed by atoms with E-state index in [4.69, 9.17) is 25.7 Å². The monoisotopic (exact) mass is 320 g/mol. The van der Waals surface area contributed by atoms with Crippen LogP contribution >= 0.6 is 0 Å². The van der Waals surface area contributed by atoms with Crippen molar-refractivity contribution >= 4 is 11.9 Å². The number of nitrogens with two attached hydrogens (primary N) is 2. The molecular formula is C13H24N2O7. The Kier molecular flexibility index (Phi) is 7.69. The molecule has 6 N–H and O–H groups in total. The molecule has 0 aromatic carbocycles. The number of amides is 1.